The highest BCUT2D eigenvalue weighted by atomic mass is 16.5. The van der Waals surface area contributed by atoms with E-state index in [4.69, 9.17) is 10.5 Å². The molecule has 5 nitrogen and oxygen atoms in total. The Labute approximate surface area is 181 Å². The number of aliphatic carboxylic acids is 1. The van der Waals surface area contributed by atoms with Crippen molar-refractivity contribution in [3.63, 3.8) is 0 Å². The molecule has 0 bridgehead atoms. The third-order valence-electron chi connectivity index (χ3n) is 5.87. The van der Waals surface area contributed by atoms with E-state index in [-0.39, 0.29) is 18.9 Å². The van der Waals surface area contributed by atoms with Crippen LogP contribution in [-0.4, -0.2) is 29.7 Å². The van der Waals surface area contributed by atoms with Crippen molar-refractivity contribution in [1.29, 1.82) is 0 Å². The molecule has 3 aromatic carbocycles. The van der Waals surface area contributed by atoms with E-state index >= 15 is 0 Å². The number of ether oxygens (including phenoxy) is 1. The summed E-state index contributed by atoms with van der Waals surface area (Å²) in [5.41, 5.74) is 11.3. The number of carboxylic acids is 1. The summed E-state index contributed by atoms with van der Waals surface area (Å²) in [7, 11) is 0. The predicted octanol–water partition coefficient (Wildman–Crippen LogP) is 4.00. The van der Waals surface area contributed by atoms with Crippen LogP contribution in [-0.2, 0) is 20.7 Å². The first-order valence-corrected chi connectivity index (χ1v) is 10.4. The van der Waals surface area contributed by atoms with Crippen LogP contribution in [0, 0.1) is 5.92 Å². The maximum atomic E-state index is 13.0. The van der Waals surface area contributed by atoms with Crippen LogP contribution in [0.1, 0.15) is 29.0 Å². The first kappa shape index (κ1) is 20.8. The van der Waals surface area contributed by atoms with E-state index in [1.807, 2.05) is 54.6 Å². The van der Waals surface area contributed by atoms with Crippen molar-refractivity contribution in [2.75, 3.05) is 6.61 Å². The van der Waals surface area contributed by atoms with Crippen molar-refractivity contribution in [2.24, 2.45) is 11.7 Å². The summed E-state index contributed by atoms with van der Waals surface area (Å²) in [5.74, 6) is -2.20. The average Bonchev–Trinajstić information content (AvgIpc) is 3.11. The van der Waals surface area contributed by atoms with Gasteiger partial charge in [-0.15, -0.1) is 0 Å². The molecule has 0 amide bonds. The molecule has 0 heterocycles. The van der Waals surface area contributed by atoms with Gasteiger partial charge in [0.15, 0.2) is 0 Å². The van der Waals surface area contributed by atoms with Crippen molar-refractivity contribution in [3.05, 3.63) is 95.6 Å². The highest BCUT2D eigenvalue weighted by Crippen LogP contribution is 2.44. The first-order valence-electron chi connectivity index (χ1n) is 10.4. The summed E-state index contributed by atoms with van der Waals surface area (Å²) in [5, 5.41) is 9.22. The molecule has 5 heteroatoms. The van der Waals surface area contributed by atoms with E-state index in [2.05, 4.69) is 24.3 Å². The molecule has 4 rings (SSSR count). The molecule has 3 aromatic rings. The zero-order valence-electron chi connectivity index (χ0n) is 17.1. The summed E-state index contributed by atoms with van der Waals surface area (Å²) < 4.78 is 5.77. The third kappa shape index (κ3) is 4.52. The molecule has 0 radical (unpaired) electrons. The van der Waals surface area contributed by atoms with Gasteiger partial charge in [-0.05, 0) is 40.7 Å². The zero-order chi connectivity index (χ0) is 21.8. The molecule has 2 atom stereocenters. The monoisotopic (exact) mass is 415 g/mol. The Kier molecular flexibility index (Phi) is 6.14. The third-order valence-corrected chi connectivity index (χ3v) is 5.87. The Morgan fingerprint density at radius 2 is 1.42 bits per heavy atom. The van der Waals surface area contributed by atoms with Gasteiger partial charge >= 0.3 is 11.9 Å². The largest absolute Gasteiger partial charge is 0.480 e. The molecule has 0 spiro atoms. The second-order valence-corrected chi connectivity index (χ2v) is 7.92. The van der Waals surface area contributed by atoms with Crippen molar-refractivity contribution >= 4 is 11.9 Å². The van der Waals surface area contributed by atoms with Crippen LogP contribution in [0.4, 0.5) is 0 Å². The van der Waals surface area contributed by atoms with Gasteiger partial charge in [0.1, 0.15) is 12.6 Å². The Morgan fingerprint density at radius 3 is 2.00 bits per heavy atom. The van der Waals surface area contributed by atoms with E-state index in [0.29, 0.717) is 6.42 Å². The van der Waals surface area contributed by atoms with E-state index in [0.717, 1.165) is 27.8 Å². The van der Waals surface area contributed by atoms with E-state index in [1.54, 1.807) is 0 Å². The zero-order valence-corrected chi connectivity index (χ0v) is 17.1. The summed E-state index contributed by atoms with van der Waals surface area (Å²) in [4.78, 5) is 24.3. The number of hydrogen-bond donors (Lipinski definition) is 2. The second kappa shape index (κ2) is 9.14. The molecule has 0 aromatic heterocycles. The molecule has 1 unspecified atom stereocenters. The van der Waals surface area contributed by atoms with Gasteiger partial charge in [-0.1, -0.05) is 78.9 Å². The van der Waals surface area contributed by atoms with Gasteiger partial charge in [0.25, 0.3) is 0 Å². The van der Waals surface area contributed by atoms with Gasteiger partial charge in [0, 0.05) is 5.92 Å². The number of benzene rings is 3. The van der Waals surface area contributed by atoms with E-state index in [9.17, 15) is 14.7 Å². The predicted molar refractivity (Wildman–Crippen MR) is 119 cm³/mol. The highest BCUT2D eigenvalue weighted by Gasteiger charge is 2.31. The lowest BCUT2D eigenvalue weighted by atomic mass is 9.92. The highest BCUT2D eigenvalue weighted by molar-refractivity contribution is 5.80. The first-order chi connectivity index (χ1) is 15.0. The molecule has 0 aliphatic heterocycles. The number of esters is 1. The summed E-state index contributed by atoms with van der Waals surface area (Å²) in [6, 6.07) is 24.7. The Bertz CT molecular complexity index is 1030. The van der Waals surface area contributed by atoms with Crippen LogP contribution >= 0.6 is 0 Å². The minimum Gasteiger partial charge on any atom is -0.480 e. The molecule has 1 aliphatic rings. The van der Waals surface area contributed by atoms with Crippen molar-refractivity contribution in [3.8, 4) is 11.1 Å². The number of nitrogens with two attached hydrogens (primary N) is 1. The lowest BCUT2D eigenvalue weighted by molar-refractivity contribution is -0.149. The smallest absolute Gasteiger partial charge is 0.320 e. The molecule has 31 heavy (non-hydrogen) atoms. The Morgan fingerprint density at radius 1 is 0.871 bits per heavy atom. The van der Waals surface area contributed by atoms with Gasteiger partial charge in [0.05, 0.1) is 5.92 Å². The fraction of sp³-hybridized carbons (Fsp3) is 0.231. The van der Waals surface area contributed by atoms with Crippen LogP contribution in [0.3, 0.4) is 0 Å². The quantitative estimate of drug-likeness (QED) is 0.543. The van der Waals surface area contributed by atoms with Crippen LogP contribution in [0.15, 0.2) is 78.9 Å². The number of carboxylic acid groups (broad SMARTS) is 1. The summed E-state index contributed by atoms with van der Waals surface area (Å²) >= 11 is 0. The standard InChI is InChI=1S/C26H25NO4/c27-24(25(28)29)15-18(14-17-8-2-1-3-9-17)26(30)31-16-23-21-12-6-4-10-19(21)20-11-5-7-13-22(20)23/h1-13,18,23-24H,14-16,27H2,(H,28,29)/t18?,24-/m1/s1. The topological polar surface area (TPSA) is 89.6 Å². The van der Waals surface area contributed by atoms with Crippen molar-refractivity contribution < 1.29 is 19.4 Å². The molecule has 0 saturated heterocycles. The minimum atomic E-state index is -1.12. The Hall–Kier alpha value is -3.44. The number of hydrogen-bond acceptors (Lipinski definition) is 4. The SMILES string of the molecule is N[C@H](CC(Cc1ccccc1)C(=O)OCC1c2ccccc2-c2ccccc21)C(=O)O. The fourth-order valence-electron chi connectivity index (χ4n) is 4.29. The van der Waals surface area contributed by atoms with Crippen LogP contribution in [0.2, 0.25) is 0 Å². The van der Waals surface area contributed by atoms with Crippen LogP contribution in [0.5, 0.6) is 0 Å². The fourth-order valence-corrected chi connectivity index (χ4v) is 4.29. The average molecular weight is 415 g/mol. The van der Waals surface area contributed by atoms with Gasteiger partial charge < -0.3 is 15.6 Å². The summed E-state index contributed by atoms with van der Waals surface area (Å²) in [6.45, 7) is 0.209. The lowest BCUT2D eigenvalue weighted by Gasteiger charge is -2.20. The maximum absolute atomic E-state index is 13.0. The molecular formula is C26H25NO4. The van der Waals surface area contributed by atoms with Gasteiger partial charge in [0.2, 0.25) is 0 Å². The Balaban J connectivity index is 1.51. The van der Waals surface area contributed by atoms with Gasteiger partial charge in [-0.3, -0.25) is 9.59 Å². The normalized spacial score (nSPS) is 14.4. The van der Waals surface area contributed by atoms with Crippen LogP contribution in [0.25, 0.3) is 11.1 Å². The molecular weight excluding hydrogens is 390 g/mol. The van der Waals surface area contributed by atoms with Gasteiger partial charge in [-0.2, -0.15) is 0 Å². The van der Waals surface area contributed by atoms with Crippen molar-refractivity contribution in [2.45, 2.75) is 24.8 Å². The number of carbonyl (C=O) groups is 2. The molecule has 158 valence electrons. The van der Waals surface area contributed by atoms with Crippen LogP contribution < -0.4 is 5.73 Å². The molecule has 3 N–H and O–H groups in total. The molecule has 1 aliphatic carbocycles. The van der Waals surface area contributed by atoms with E-state index in [1.165, 1.54) is 0 Å². The minimum absolute atomic E-state index is 0.0287. The molecule has 0 saturated carbocycles. The maximum Gasteiger partial charge on any atom is 0.320 e. The van der Waals surface area contributed by atoms with Gasteiger partial charge in [-0.25, -0.2) is 0 Å². The second-order valence-electron chi connectivity index (χ2n) is 7.92. The van der Waals surface area contributed by atoms with E-state index < -0.39 is 23.9 Å². The molecule has 0 fully saturated rings. The number of carbonyl (C=O) groups excluding carboxylic acids is 1. The number of rotatable bonds is 8. The number of fused-ring (bicyclic) bond motifs is 3. The lowest BCUT2D eigenvalue weighted by Crippen LogP contribution is -2.36. The van der Waals surface area contributed by atoms with Crippen molar-refractivity contribution in [1.82, 2.24) is 0 Å². The summed E-state index contributed by atoms with van der Waals surface area (Å²) in [6.07, 6.45) is 0.416.